The van der Waals surface area contributed by atoms with Gasteiger partial charge in [-0.2, -0.15) is 0 Å². The van der Waals surface area contributed by atoms with Crippen molar-refractivity contribution in [3.63, 3.8) is 0 Å². The van der Waals surface area contributed by atoms with Crippen LogP contribution in [-0.4, -0.2) is 5.91 Å². The molecule has 1 heterocycles. The van der Waals surface area contributed by atoms with E-state index in [1.165, 1.54) is 0 Å². The van der Waals surface area contributed by atoms with E-state index in [-0.39, 0.29) is 0 Å². The van der Waals surface area contributed by atoms with Crippen molar-refractivity contribution in [3.05, 3.63) is 59.8 Å². The van der Waals surface area contributed by atoms with Gasteiger partial charge in [-0.1, -0.05) is 30.3 Å². The van der Waals surface area contributed by atoms with Crippen LogP contribution in [0.2, 0.25) is 0 Å². The van der Waals surface area contributed by atoms with Gasteiger partial charge in [0.2, 0.25) is 0 Å². The molecule has 0 radical (unpaired) electrons. The van der Waals surface area contributed by atoms with Crippen molar-refractivity contribution in [2.45, 2.75) is 6.54 Å². The summed E-state index contributed by atoms with van der Waals surface area (Å²) in [6, 6.07) is 13.2. The fourth-order valence-corrected chi connectivity index (χ4v) is 1.62. The van der Waals surface area contributed by atoms with Crippen LogP contribution < -0.4 is 16.0 Å². The van der Waals surface area contributed by atoms with Gasteiger partial charge in [-0.15, -0.1) is 0 Å². The lowest BCUT2D eigenvalue weighted by Crippen LogP contribution is -2.38. The van der Waals surface area contributed by atoms with Gasteiger partial charge in [0.25, 0.3) is 11.7 Å². The van der Waals surface area contributed by atoms with Gasteiger partial charge in [-0.25, -0.2) is 4.57 Å². The van der Waals surface area contributed by atoms with Crippen molar-refractivity contribution in [2.75, 3.05) is 5.73 Å². The summed E-state index contributed by atoms with van der Waals surface area (Å²) in [5.41, 5.74) is 12.7. The first-order valence-electron chi connectivity index (χ1n) is 5.29. The molecule has 0 unspecified atom stereocenters. The molecule has 2 aromatic rings. The van der Waals surface area contributed by atoms with Crippen molar-refractivity contribution >= 4 is 11.7 Å². The predicted octanol–water partition coefficient (Wildman–Crippen LogP) is 0.704. The van der Waals surface area contributed by atoms with Gasteiger partial charge < -0.3 is 5.73 Å². The summed E-state index contributed by atoms with van der Waals surface area (Å²) in [7, 11) is 0. The summed E-state index contributed by atoms with van der Waals surface area (Å²) < 4.78 is 1.80. The first-order valence-corrected chi connectivity index (χ1v) is 5.29. The zero-order chi connectivity index (χ0) is 12.3. The van der Waals surface area contributed by atoms with E-state index in [0.29, 0.717) is 17.9 Å². The van der Waals surface area contributed by atoms with E-state index in [1.54, 1.807) is 22.9 Å². The molecule has 0 aliphatic rings. The van der Waals surface area contributed by atoms with Gasteiger partial charge in [-0.3, -0.25) is 10.5 Å². The number of carbonyl (C=O) groups is 1. The van der Waals surface area contributed by atoms with Gasteiger partial charge >= 0.3 is 0 Å². The molecule has 2 rings (SSSR count). The number of pyridine rings is 1. The Bertz CT molecular complexity index is 538. The molecule has 1 aromatic heterocycles. The second-order valence-electron chi connectivity index (χ2n) is 3.82. The molecule has 0 spiro atoms. The molecule has 0 atom stereocenters. The number of nitrogen functional groups attached to an aromatic ring is 1. The van der Waals surface area contributed by atoms with Crippen LogP contribution >= 0.6 is 0 Å². The van der Waals surface area contributed by atoms with Crippen LogP contribution in [0.5, 0.6) is 0 Å². The third-order valence-corrected chi connectivity index (χ3v) is 2.54. The van der Waals surface area contributed by atoms with Crippen LogP contribution in [0.4, 0.5) is 5.82 Å². The normalized spacial score (nSPS) is 10.1. The van der Waals surface area contributed by atoms with Crippen molar-refractivity contribution in [3.8, 4) is 0 Å². The highest BCUT2D eigenvalue weighted by molar-refractivity contribution is 5.92. The Morgan fingerprint density at radius 3 is 2.47 bits per heavy atom. The number of anilines is 1. The number of nitrogens with zero attached hydrogens (tertiary/aromatic N) is 1. The Morgan fingerprint density at radius 2 is 1.82 bits per heavy atom. The van der Waals surface area contributed by atoms with Crippen molar-refractivity contribution in [2.24, 2.45) is 5.73 Å². The van der Waals surface area contributed by atoms with Gasteiger partial charge in [0.15, 0.2) is 0 Å². The van der Waals surface area contributed by atoms with Gasteiger partial charge in [0.1, 0.15) is 12.7 Å². The highest BCUT2D eigenvalue weighted by atomic mass is 16.1. The maximum absolute atomic E-state index is 11.1. The molecule has 1 amide bonds. The molecule has 4 nitrogen and oxygen atoms in total. The highest BCUT2D eigenvalue weighted by Crippen LogP contribution is 2.02. The quantitative estimate of drug-likeness (QED) is 0.759. The highest BCUT2D eigenvalue weighted by Gasteiger charge is 2.09. The third kappa shape index (κ3) is 2.60. The molecule has 0 aliphatic carbocycles. The van der Waals surface area contributed by atoms with Crippen LogP contribution in [0.3, 0.4) is 0 Å². The fourth-order valence-electron chi connectivity index (χ4n) is 1.62. The molecule has 0 bridgehead atoms. The van der Waals surface area contributed by atoms with Crippen molar-refractivity contribution < 1.29 is 9.36 Å². The van der Waals surface area contributed by atoms with Crippen molar-refractivity contribution in [1.29, 1.82) is 0 Å². The lowest BCUT2D eigenvalue weighted by Gasteiger charge is -2.04. The molecular formula is C13H14N3O+. The van der Waals surface area contributed by atoms with E-state index < -0.39 is 5.91 Å². The molecule has 4 heteroatoms. The molecule has 0 fully saturated rings. The first-order chi connectivity index (χ1) is 8.16. The largest absolute Gasteiger partial charge is 0.365 e. The monoisotopic (exact) mass is 228 g/mol. The average Bonchev–Trinajstić information content (AvgIpc) is 2.33. The standard InChI is InChI=1S/C13H13N3O/c14-12-7-6-11(13(15)17)9-16(12)8-10-4-2-1-3-5-10/h1-7,9,14H,8H2,(H2,15,17)/p+1. The second-order valence-corrected chi connectivity index (χ2v) is 3.82. The number of nitrogens with two attached hydrogens (primary N) is 2. The third-order valence-electron chi connectivity index (χ3n) is 2.54. The van der Waals surface area contributed by atoms with Gasteiger partial charge in [0.05, 0.1) is 5.56 Å². The molecule has 86 valence electrons. The summed E-state index contributed by atoms with van der Waals surface area (Å²) in [6.45, 7) is 0.619. The van der Waals surface area contributed by atoms with Gasteiger partial charge in [-0.05, 0) is 11.6 Å². The fraction of sp³-hybridized carbons (Fsp3) is 0.0769. The molecule has 0 saturated heterocycles. The summed E-state index contributed by atoms with van der Waals surface area (Å²) in [5.74, 6) is 0.144. The van der Waals surface area contributed by atoms with Crippen LogP contribution in [0.15, 0.2) is 48.7 Å². The predicted molar refractivity (Wildman–Crippen MR) is 65.1 cm³/mol. The van der Waals surface area contributed by atoms with Crippen molar-refractivity contribution in [1.82, 2.24) is 0 Å². The smallest absolute Gasteiger partial charge is 0.272 e. The summed E-state index contributed by atoms with van der Waals surface area (Å²) >= 11 is 0. The van der Waals surface area contributed by atoms with Crippen LogP contribution in [0.1, 0.15) is 15.9 Å². The molecular weight excluding hydrogens is 214 g/mol. The maximum atomic E-state index is 11.1. The molecule has 1 aromatic carbocycles. The number of carbonyl (C=O) groups excluding carboxylic acids is 1. The number of aromatic nitrogens is 1. The zero-order valence-corrected chi connectivity index (χ0v) is 9.34. The lowest BCUT2D eigenvalue weighted by atomic mass is 10.2. The van der Waals surface area contributed by atoms with Crippen LogP contribution in [-0.2, 0) is 6.54 Å². The van der Waals surface area contributed by atoms with E-state index in [9.17, 15) is 4.79 Å². The Balaban J connectivity index is 2.32. The van der Waals surface area contributed by atoms with E-state index in [2.05, 4.69) is 0 Å². The minimum absolute atomic E-state index is 0.452. The maximum Gasteiger partial charge on any atom is 0.272 e. The number of hydrogen-bond acceptors (Lipinski definition) is 2. The van der Waals surface area contributed by atoms with Crippen LogP contribution in [0, 0.1) is 0 Å². The minimum Gasteiger partial charge on any atom is -0.365 e. The molecule has 17 heavy (non-hydrogen) atoms. The van der Waals surface area contributed by atoms with E-state index >= 15 is 0 Å². The number of rotatable bonds is 3. The van der Waals surface area contributed by atoms with E-state index in [1.807, 2.05) is 30.3 Å². The molecule has 0 saturated carbocycles. The summed E-state index contributed by atoms with van der Waals surface area (Å²) in [4.78, 5) is 11.1. The topological polar surface area (TPSA) is 73.0 Å². The second kappa shape index (κ2) is 4.65. The number of primary amides is 1. The number of amides is 1. The van der Waals surface area contributed by atoms with E-state index in [4.69, 9.17) is 11.5 Å². The molecule has 0 aliphatic heterocycles. The lowest BCUT2D eigenvalue weighted by molar-refractivity contribution is -0.674. The number of hydrogen-bond donors (Lipinski definition) is 2. The Labute approximate surface area is 99.5 Å². The Morgan fingerprint density at radius 1 is 1.12 bits per heavy atom. The average molecular weight is 228 g/mol. The summed E-state index contributed by atoms with van der Waals surface area (Å²) in [6.07, 6.45) is 1.67. The minimum atomic E-state index is -0.452. The summed E-state index contributed by atoms with van der Waals surface area (Å²) in [5, 5.41) is 0. The first kappa shape index (κ1) is 11.1. The Kier molecular flexibility index (Phi) is 3.05. The van der Waals surface area contributed by atoms with Gasteiger partial charge in [0, 0.05) is 6.07 Å². The Hall–Kier alpha value is -2.36. The van der Waals surface area contributed by atoms with E-state index in [0.717, 1.165) is 5.56 Å². The molecule has 4 N–H and O–H groups in total. The number of benzene rings is 1. The van der Waals surface area contributed by atoms with Crippen LogP contribution in [0.25, 0.3) is 0 Å². The SMILES string of the molecule is NC(=O)c1ccc(N)[n+](Cc2ccccc2)c1. The zero-order valence-electron chi connectivity index (χ0n) is 9.34.